The van der Waals surface area contributed by atoms with Crippen LogP contribution in [0.1, 0.15) is 32.6 Å². The molecule has 0 aromatic rings. The highest BCUT2D eigenvalue weighted by Gasteiger charge is 2.56. The Balaban J connectivity index is 2.16. The molecule has 1 unspecified atom stereocenters. The van der Waals surface area contributed by atoms with Gasteiger partial charge in [-0.25, -0.2) is 18.9 Å². The first-order valence-electron chi connectivity index (χ1n) is 5.98. The first-order chi connectivity index (χ1) is 8.52. The van der Waals surface area contributed by atoms with E-state index in [2.05, 4.69) is 10.1 Å². The third-order valence-electron chi connectivity index (χ3n) is 3.36. The van der Waals surface area contributed by atoms with E-state index in [4.69, 9.17) is 0 Å². The monoisotopic (exact) mass is 258 g/mol. The molecule has 6 nitrogen and oxygen atoms in total. The van der Waals surface area contributed by atoms with Gasteiger partial charge in [-0.3, -0.25) is 4.79 Å². The van der Waals surface area contributed by atoms with Gasteiger partial charge in [-0.05, 0) is 19.8 Å². The number of carbonyl (C=O) groups excluding carboxylic acids is 3. The molecule has 2 aliphatic rings. The van der Waals surface area contributed by atoms with Crippen molar-refractivity contribution in [2.75, 3.05) is 6.61 Å². The lowest BCUT2D eigenvalue weighted by Gasteiger charge is -2.21. The average Bonchev–Trinajstić information content (AvgIpc) is 2.87. The number of amides is 3. The summed E-state index contributed by atoms with van der Waals surface area (Å²) in [5, 5.41) is 2.50. The van der Waals surface area contributed by atoms with Gasteiger partial charge in [0.15, 0.2) is 0 Å². The van der Waals surface area contributed by atoms with E-state index in [0.29, 0.717) is 17.7 Å². The minimum Gasteiger partial charge on any atom is -0.462 e. The van der Waals surface area contributed by atoms with E-state index in [1.54, 1.807) is 0 Å². The van der Waals surface area contributed by atoms with Crippen molar-refractivity contribution in [2.45, 2.75) is 44.4 Å². The lowest BCUT2D eigenvalue weighted by atomic mass is 9.98. The number of hydrogen-bond donors (Lipinski definition) is 1. The molecule has 0 radical (unpaired) electrons. The standard InChI is InChI=1S/C11H15FN2O4/c1-2-18-8(15)7(12)14-9(16)11(13-10(14)17)5-3-4-6-11/h7H,2-6H2,1H3,(H,13,17). The van der Waals surface area contributed by atoms with E-state index in [1.165, 1.54) is 6.92 Å². The number of alkyl halides is 1. The molecule has 1 atom stereocenters. The molecule has 1 aliphatic carbocycles. The smallest absolute Gasteiger partial charge is 0.362 e. The Labute approximate surface area is 103 Å². The van der Waals surface area contributed by atoms with Gasteiger partial charge in [0.1, 0.15) is 5.54 Å². The Morgan fingerprint density at radius 2 is 2.11 bits per heavy atom. The molecule has 0 aromatic carbocycles. The summed E-state index contributed by atoms with van der Waals surface area (Å²) in [5.41, 5.74) is -1.01. The molecule has 1 aliphatic heterocycles. The van der Waals surface area contributed by atoms with E-state index in [-0.39, 0.29) is 6.61 Å². The second-order valence-electron chi connectivity index (χ2n) is 4.48. The molecule has 3 amide bonds. The molecule has 1 spiro atoms. The maximum absolute atomic E-state index is 13.8. The van der Waals surface area contributed by atoms with Crippen molar-refractivity contribution < 1.29 is 23.5 Å². The molecule has 18 heavy (non-hydrogen) atoms. The Kier molecular flexibility index (Phi) is 3.23. The summed E-state index contributed by atoms with van der Waals surface area (Å²) in [7, 11) is 0. The number of carbonyl (C=O) groups is 3. The molecule has 0 aromatic heterocycles. The maximum Gasteiger partial charge on any atom is 0.362 e. The normalized spacial score (nSPS) is 23.3. The summed E-state index contributed by atoms with van der Waals surface area (Å²) in [4.78, 5) is 35.3. The molecule has 1 saturated carbocycles. The van der Waals surface area contributed by atoms with Crippen molar-refractivity contribution in [3.8, 4) is 0 Å². The molecule has 0 bridgehead atoms. The van der Waals surface area contributed by atoms with Crippen molar-refractivity contribution in [2.24, 2.45) is 0 Å². The Hall–Kier alpha value is -1.66. The molecule has 1 N–H and O–H groups in total. The fourth-order valence-corrected chi connectivity index (χ4v) is 2.48. The largest absolute Gasteiger partial charge is 0.462 e. The Bertz CT molecular complexity index is 393. The minimum absolute atomic E-state index is 0.00591. The SMILES string of the molecule is CCOC(=O)C(F)N1C(=O)NC2(CCCC2)C1=O. The van der Waals surface area contributed by atoms with Crippen LogP contribution in [0.25, 0.3) is 0 Å². The number of urea groups is 1. The first kappa shape index (κ1) is 12.8. The third kappa shape index (κ3) is 1.83. The summed E-state index contributed by atoms with van der Waals surface area (Å²) in [6.07, 6.45) is 0.220. The molecular weight excluding hydrogens is 243 g/mol. The molecule has 1 saturated heterocycles. The van der Waals surface area contributed by atoms with Gasteiger partial charge in [-0.2, -0.15) is 0 Å². The van der Waals surface area contributed by atoms with Crippen LogP contribution in [0.5, 0.6) is 0 Å². The lowest BCUT2D eigenvalue weighted by Crippen LogP contribution is -2.46. The minimum atomic E-state index is -2.36. The van der Waals surface area contributed by atoms with Crippen molar-refractivity contribution in [3.05, 3.63) is 0 Å². The second kappa shape index (κ2) is 4.55. The van der Waals surface area contributed by atoms with Gasteiger partial charge in [-0.15, -0.1) is 0 Å². The molecule has 2 rings (SSSR count). The van der Waals surface area contributed by atoms with Crippen LogP contribution in [0.3, 0.4) is 0 Å². The van der Waals surface area contributed by atoms with Gasteiger partial charge in [0.05, 0.1) is 6.61 Å². The zero-order chi connectivity index (χ0) is 13.3. The molecule has 2 fully saturated rings. The number of esters is 1. The highest BCUT2D eigenvalue weighted by molar-refractivity contribution is 6.09. The van der Waals surface area contributed by atoms with Gasteiger partial charge in [0.25, 0.3) is 12.2 Å². The molecule has 7 heteroatoms. The van der Waals surface area contributed by atoms with Crippen LogP contribution in [-0.4, -0.2) is 41.2 Å². The predicted molar refractivity (Wildman–Crippen MR) is 58.1 cm³/mol. The van der Waals surface area contributed by atoms with Crippen LogP contribution >= 0.6 is 0 Å². The molecule has 1 heterocycles. The number of ether oxygens (including phenoxy) is 1. The van der Waals surface area contributed by atoms with Gasteiger partial charge in [-0.1, -0.05) is 12.8 Å². The zero-order valence-electron chi connectivity index (χ0n) is 10.1. The third-order valence-corrected chi connectivity index (χ3v) is 3.36. The van der Waals surface area contributed by atoms with E-state index < -0.39 is 29.7 Å². The highest BCUT2D eigenvalue weighted by atomic mass is 19.1. The van der Waals surface area contributed by atoms with Crippen molar-refractivity contribution in [3.63, 3.8) is 0 Å². The molecular formula is C11H15FN2O4. The summed E-state index contributed by atoms with van der Waals surface area (Å²) in [6, 6.07) is -0.859. The summed E-state index contributed by atoms with van der Waals surface area (Å²) in [5.74, 6) is -1.87. The van der Waals surface area contributed by atoms with Crippen LogP contribution in [-0.2, 0) is 14.3 Å². The first-order valence-corrected chi connectivity index (χ1v) is 5.98. The van der Waals surface area contributed by atoms with E-state index in [0.717, 1.165) is 12.8 Å². The van der Waals surface area contributed by atoms with Crippen molar-refractivity contribution in [1.29, 1.82) is 0 Å². The maximum atomic E-state index is 13.8. The zero-order valence-corrected chi connectivity index (χ0v) is 10.1. The average molecular weight is 258 g/mol. The van der Waals surface area contributed by atoms with Gasteiger partial charge >= 0.3 is 12.0 Å². The number of rotatable bonds is 3. The summed E-state index contributed by atoms with van der Waals surface area (Å²) < 4.78 is 18.3. The fourth-order valence-electron chi connectivity index (χ4n) is 2.48. The summed E-state index contributed by atoms with van der Waals surface area (Å²) in [6.45, 7) is 1.52. The Morgan fingerprint density at radius 3 is 2.67 bits per heavy atom. The van der Waals surface area contributed by atoms with Crippen molar-refractivity contribution >= 4 is 17.9 Å². The topological polar surface area (TPSA) is 75.7 Å². The quantitative estimate of drug-likeness (QED) is 0.459. The molecule has 100 valence electrons. The number of hydrogen-bond acceptors (Lipinski definition) is 4. The van der Waals surface area contributed by atoms with Gasteiger partial charge < -0.3 is 10.1 Å². The van der Waals surface area contributed by atoms with E-state index in [9.17, 15) is 18.8 Å². The van der Waals surface area contributed by atoms with E-state index >= 15 is 0 Å². The van der Waals surface area contributed by atoms with Crippen LogP contribution in [0.15, 0.2) is 0 Å². The number of imide groups is 1. The number of nitrogens with zero attached hydrogens (tertiary/aromatic N) is 1. The highest BCUT2D eigenvalue weighted by Crippen LogP contribution is 2.35. The predicted octanol–water partition coefficient (Wildman–Crippen LogP) is 0.710. The van der Waals surface area contributed by atoms with Crippen LogP contribution in [0.4, 0.5) is 9.18 Å². The van der Waals surface area contributed by atoms with Crippen LogP contribution in [0, 0.1) is 0 Å². The van der Waals surface area contributed by atoms with Gasteiger partial charge in [0.2, 0.25) is 0 Å². The van der Waals surface area contributed by atoms with Crippen LogP contribution in [0.2, 0.25) is 0 Å². The number of nitrogens with one attached hydrogen (secondary N) is 1. The fraction of sp³-hybridized carbons (Fsp3) is 0.727. The van der Waals surface area contributed by atoms with Gasteiger partial charge in [0, 0.05) is 0 Å². The van der Waals surface area contributed by atoms with Crippen LogP contribution < -0.4 is 5.32 Å². The number of halogens is 1. The van der Waals surface area contributed by atoms with E-state index in [1.807, 2.05) is 0 Å². The lowest BCUT2D eigenvalue weighted by molar-refractivity contribution is -0.159. The summed E-state index contributed by atoms with van der Waals surface area (Å²) >= 11 is 0. The second-order valence-corrected chi connectivity index (χ2v) is 4.48. The Morgan fingerprint density at radius 1 is 1.50 bits per heavy atom. The van der Waals surface area contributed by atoms with Crippen molar-refractivity contribution in [1.82, 2.24) is 10.2 Å².